The smallest absolute Gasteiger partial charge is 0.178 e. The molecule has 0 amide bonds. The fraction of sp³-hybridized carbons (Fsp3) is 0.308. The highest BCUT2D eigenvalue weighted by Crippen LogP contribution is 2.18. The van der Waals surface area contributed by atoms with Crippen LogP contribution in [0.1, 0.15) is 23.9 Å². The number of aromatic nitrogens is 3. The maximum Gasteiger partial charge on any atom is 0.178 e. The van der Waals surface area contributed by atoms with Crippen molar-refractivity contribution in [2.24, 2.45) is 0 Å². The van der Waals surface area contributed by atoms with Crippen molar-refractivity contribution >= 4 is 0 Å². The van der Waals surface area contributed by atoms with E-state index >= 15 is 0 Å². The normalized spacial score (nSPS) is 10.5. The van der Waals surface area contributed by atoms with E-state index in [0.29, 0.717) is 11.5 Å². The molecule has 0 bridgehead atoms. The molecule has 2 rings (SSSR count). The van der Waals surface area contributed by atoms with Crippen molar-refractivity contribution in [3.8, 4) is 11.5 Å². The van der Waals surface area contributed by atoms with E-state index in [2.05, 4.69) is 21.9 Å². The molecule has 2 aromatic rings. The molecule has 0 aliphatic rings. The van der Waals surface area contributed by atoms with Gasteiger partial charge < -0.3 is 5.11 Å². The summed E-state index contributed by atoms with van der Waals surface area (Å²) in [6, 6.07) is 5.70. The van der Waals surface area contributed by atoms with Crippen molar-refractivity contribution in [2.45, 2.75) is 26.9 Å². The number of hydrogen-bond donors (Lipinski definition) is 1. The van der Waals surface area contributed by atoms with Gasteiger partial charge in [0.15, 0.2) is 5.82 Å². The van der Waals surface area contributed by atoms with Gasteiger partial charge in [-0.3, -0.25) is 4.98 Å². The molecule has 0 aromatic carbocycles. The minimum absolute atomic E-state index is 0.0787. The molecule has 0 radical (unpaired) electrons. The van der Waals surface area contributed by atoms with Crippen molar-refractivity contribution in [1.29, 1.82) is 0 Å². The van der Waals surface area contributed by atoms with Gasteiger partial charge in [0.25, 0.3) is 0 Å². The monoisotopic (exact) mass is 229 g/mol. The van der Waals surface area contributed by atoms with Gasteiger partial charge in [0.2, 0.25) is 0 Å². The summed E-state index contributed by atoms with van der Waals surface area (Å²) < 4.78 is 0. The summed E-state index contributed by atoms with van der Waals surface area (Å²) in [6.07, 6.45) is 2.62. The first kappa shape index (κ1) is 11.7. The van der Waals surface area contributed by atoms with Crippen LogP contribution in [0, 0.1) is 6.92 Å². The summed E-state index contributed by atoms with van der Waals surface area (Å²) in [6.45, 7) is 3.88. The first-order valence-electron chi connectivity index (χ1n) is 5.64. The maximum atomic E-state index is 9.15. The average molecular weight is 229 g/mol. The maximum absolute atomic E-state index is 9.15. The molecule has 0 fully saturated rings. The molecule has 0 saturated carbocycles. The molecule has 2 heterocycles. The molecule has 4 nitrogen and oxygen atoms in total. The second kappa shape index (κ2) is 5.01. The lowest BCUT2D eigenvalue weighted by Gasteiger charge is -2.07. The predicted molar refractivity (Wildman–Crippen MR) is 65.3 cm³/mol. The van der Waals surface area contributed by atoms with Crippen molar-refractivity contribution in [1.82, 2.24) is 15.0 Å². The third-order valence-electron chi connectivity index (χ3n) is 2.55. The minimum atomic E-state index is -0.0787. The molecule has 0 aliphatic carbocycles. The van der Waals surface area contributed by atoms with Crippen molar-refractivity contribution in [3.63, 3.8) is 0 Å². The number of aryl methyl sites for hydroxylation is 2. The zero-order valence-electron chi connectivity index (χ0n) is 10.0. The topological polar surface area (TPSA) is 58.9 Å². The minimum Gasteiger partial charge on any atom is -0.390 e. The van der Waals surface area contributed by atoms with Gasteiger partial charge in [-0.1, -0.05) is 13.0 Å². The molecule has 4 heteroatoms. The summed E-state index contributed by atoms with van der Waals surface area (Å²) >= 11 is 0. The Balaban J connectivity index is 2.55. The van der Waals surface area contributed by atoms with E-state index in [4.69, 9.17) is 5.11 Å². The highest BCUT2D eigenvalue weighted by Gasteiger charge is 2.09. The van der Waals surface area contributed by atoms with Crippen LogP contribution in [0.2, 0.25) is 0 Å². The number of rotatable bonds is 3. The Bertz CT molecular complexity index is 526. The lowest BCUT2D eigenvalue weighted by Crippen LogP contribution is -2.01. The summed E-state index contributed by atoms with van der Waals surface area (Å²) in [5.74, 6) is 0.589. The Morgan fingerprint density at radius 2 is 2.12 bits per heavy atom. The van der Waals surface area contributed by atoms with Crippen LogP contribution in [0.3, 0.4) is 0 Å². The van der Waals surface area contributed by atoms with Crippen LogP contribution in [-0.2, 0) is 13.0 Å². The number of hydrogen-bond acceptors (Lipinski definition) is 4. The number of nitrogens with zero attached hydrogens (tertiary/aromatic N) is 3. The SMILES string of the molecule is CCc1cccnc1-c1nc(C)cc(CO)n1. The summed E-state index contributed by atoms with van der Waals surface area (Å²) in [5.41, 5.74) is 3.38. The Morgan fingerprint density at radius 1 is 1.29 bits per heavy atom. The van der Waals surface area contributed by atoms with Gasteiger partial charge in [0, 0.05) is 11.9 Å². The second-order valence-corrected chi connectivity index (χ2v) is 3.85. The zero-order valence-corrected chi connectivity index (χ0v) is 10.0. The van der Waals surface area contributed by atoms with Crippen molar-refractivity contribution in [2.75, 3.05) is 0 Å². The lowest BCUT2D eigenvalue weighted by molar-refractivity contribution is 0.276. The molecule has 88 valence electrons. The van der Waals surface area contributed by atoms with Crippen LogP contribution >= 0.6 is 0 Å². The summed E-state index contributed by atoms with van der Waals surface area (Å²) in [4.78, 5) is 13.0. The first-order chi connectivity index (χ1) is 8.24. The number of pyridine rings is 1. The number of aliphatic hydroxyl groups is 1. The Hall–Kier alpha value is -1.81. The van der Waals surface area contributed by atoms with Crippen LogP contribution in [0.4, 0.5) is 0 Å². The van der Waals surface area contributed by atoms with E-state index < -0.39 is 0 Å². The van der Waals surface area contributed by atoms with Crippen LogP contribution in [0.5, 0.6) is 0 Å². The largest absolute Gasteiger partial charge is 0.390 e. The Morgan fingerprint density at radius 3 is 2.82 bits per heavy atom. The van der Waals surface area contributed by atoms with Gasteiger partial charge in [-0.05, 0) is 31.0 Å². The highest BCUT2D eigenvalue weighted by molar-refractivity contribution is 5.54. The molecule has 0 atom stereocenters. The van der Waals surface area contributed by atoms with E-state index in [1.54, 1.807) is 12.3 Å². The van der Waals surface area contributed by atoms with Gasteiger partial charge in [-0.2, -0.15) is 0 Å². The summed E-state index contributed by atoms with van der Waals surface area (Å²) in [5, 5.41) is 9.15. The quantitative estimate of drug-likeness (QED) is 0.873. The van der Waals surface area contributed by atoms with Crippen LogP contribution in [-0.4, -0.2) is 20.1 Å². The fourth-order valence-corrected chi connectivity index (χ4v) is 1.75. The van der Waals surface area contributed by atoms with Crippen LogP contribution in [0.15, 0.2) is 24.4 Å². The molecule has 0 spiro atoms. The van der Waals surface area contributed by atoms with E-state index in [9.17, 15) is 0 Å². The second-order valence-electron chi connectivity index (χ2n) is 3.85. The van der Waals surface area contributed by atoms with Crippen LogP contribution < -0.4 is 0 Å². The van der Waals surface area contributed by atoms with Crippen LogP contribution in [0.25, 0.3) is 11.5 Å². The first-order valence-corrected chi connectivity index (χ1v) is 5.64. The van der Waals surface area contributed by atoms with Gasteiger partial charge in [0.1, 0.15) is 5.69 Å². The highest BCUT2D eigenvalue weighted by atomic mass is 16.3. The predicted octanol–water partition coefficient (Wildman–Crippen LogP) is 1.90. The number of aliphatic hydroxyl groups excluding tert-OH is 1. The van der Waals surface area contributed by atoms with E-state index in [0.717, 1.165) is 23.4 Å². The van der Waals surface area contributed by atoms with Gasteiger partial charge in [-0.25, -0.2) is 9.97 Å². The molecule has 1 N–H and O–H groups in total. The molecular weight excluding hydrogens is 214 g/mol. The molecular formula is C13H15N3O. The van der Waals surface area contributed by atoms with E-state index in [-0.39, 0.29) is 6.61 Å². The summed E-state index contributed by atoms with van der Waals surface area (Å²) in [7, 11) is 0. The van der Waals surface area contributed by atoms with Gasteiger partial charge in [-0.15, -0.1) is 0 Å². The zero-order chi connectivity index (χ0) is 12.3. The Labute approximate surface area is 100 Å². The van der Waals surface area contributed by atoms with E-state index in [1.165, 1.54) is 0 Å². The van der Waals surface area contributed by atoms with Gasteiger partial charge in [0.05, 0.1) is 12.3 Å². The standard InChI is InChI=1S/C13H15N3O/c1-3-10-5-4-6-14-12(10)13-15-9(2)7-11(8-17)16-13/h4-7,17H,3,8H2,1-2H3. The third-order valence-corrected chi connectivity index (χ3v) is 2.55. The average Bonchev–Trinajstić information content (AvgIpc) is 2.37. The molecule has 0 aliphatic heterocycles. The molecule has 0 saturated heterocycles. The van der Waals surface area contributed by atoms with Crippen molar-refractivity contribution in [3.05, 3.63) is 41.3 Å². The van der Waals surface area contributed by atoms with Gasteiger partial charge >= 0.3 is 0 Å². The molecule has 17 heavy (non-hydrogen) atoms. The lowest BCUT2D eigenvalue weighted by atomic mass is 10.1. The van der Waals surface area contributed by atoms with Crippen molar-refractivity contribution < 1.29 is 5.11 Å². The molecule has 2 aromatic heterocycles. The fourth-order valence-electron chi connectivity index (χ4n) is 1.75. The Kier molecular flexibility index (Phi) is 3.44. The third kappa shape index (κ3) is 2.47. The van der Waals surface area contributed by atoms with E-state index in [1.807, 2.05) is 19.1 Å². The molecule has 0 unspecified atom stereocenters.